The second-order valence-corrected chi connectivity index (χ2v) is 8.05. The Labute approximate surface area is 161 Å². The molecule has 0 spiro atoms. The SMILES string of the molecule is Cc1ccc2oc(N3CCCC(CNC(=O)c4sccc4Cl)C3)nc2c1. The first kappa shape index (κ1) is 17.4. The highest BCUT2D eigenvalue weighted by Crippen LogP contribution is 2.27. The Morgan fingerprint density at radius 2 is 2.35 bits per heavy atom. The zero-order valence-electron chi connectivity index (χ0n) is 14.5. The molecular formula is C19H20ClN3O2S. The summed E-state index contributed by atoms with van der Waals surface area (Å²) >= 11 is 7.40. The van der Waals surface area contributed by atoms with E-state index in [9.17, 15) is 4.79 Å². The highest BCUT2D eigenvalue weighted by Gasteiger charge is 2.24. The van der Waals surface area contributed by atoms with E-state index in [4.69, 9.17) is 16.0 Å². The molecular weight excluding hydrogens is 370 g/mol. The Hall–Kier alpha value is -2.05. The molecule has 2 aromatic heterocycles. The fourth-order valence-corrected chi connectivity index (χ4v) is 4.40. The summed E-state index contributed by atoms with van der Waals surface area (Å²) in [7, 11) is 0. The summed E-state index contributed by atoms with van der Waals surface area (Å²) in [5.41, 5.74) is 2.87. The molecule has 1 unspecified atom stereocenters. The zero-order valence-corrected chi connectivity index (χ0v) is 16.1. The van der Waals surface area contributed by atoms with Gasteiger partial charge in [-0.05, 0) is 54.8 Å². The van der Waals surface area contributed by atoms with Crippen molar-refractivity contribution in [2.45, 2.75) is 19.8 Å². The molecule has 136 valence electrons. The molecule has 1 fully saturated rings. The van der Waals surface area contributed by atoms with Crippen molar-refractivity contribution in [3.8, 4) is 0 Å². The van der Waals surface area contributed by atoms with Gasteiger partial charge in [-0.25, -0.2) is 0 Å². The van der Waals surface area contributed by atoms with E-state index in [1.54, 1.807) is 6.07 Å². The molecule has 0 bridgehead atoms. The lowest BCUT2D eigenvalue weighted by Gasteiger charge is -2.31. The van der Waals surface area contributed by atoms with Crippen LogP contribution in [0.3, 0.4) is 0 Å². The number of aromatic nitrogens is 1. The van der Waals surface area contributed by atoms with Gasteiger partial charge in [-0.15, -0.1) is 11.3 Å². The number of nitrogens with one attached hydrogen (secondary N) is 1. The Balaban J connectivity index is 1.40. The lowest BCUT2D eigenvalue weighted by atomic mass is 9.98. The maximum atomic E-state index is 12.2. The number of fused-ring (bicyclic) bond motifs is 1. The van der Waals surface area contributed by atoms with Crippen molar-refractivity contribution in [1.82, 2.24) is 10.3 Å². The monoisotopic (exact) mass is 389 g/mol. The zero-order chi connectivity index (χ0) is 18.1. The van der Waals surface area contributed by atoms with Gasteiger partial charge in [0.25, 0.3) is 11.9 Å². The standard InChI is InChI=1S/C19H20ClN3O2S/c1-12-4-5-16-15(9-12)22-19(25-16)23-7-2-3-13(11-23)10-21-18(24)17-14(20)6-8-26-17/h4-6,8-9,13H,2-3,7,10-11H2,1H3,(H,21,24). The Morgan fingerprint density at radius 1 is 1.46 bits per heavy atom. The van der Waals surface area contributed by atoms with Crippen LogP contribution in [-0.2, 0) is 0 Å². The molecule has 1 atom stereocenters. The third-order valence-corrected chi connectivity index (χ3v) is 6.04. The summed E-state index contributed by atoms with van der Waals surface area (Å²) in [5, 5.41) is 5.35. The predicted molar refractivity (Wildman–Crippen MR) is 105 cm³/mol. The van der Waals surface area contributed by atoms with Gasteiger partial charge in [0, 0.05) is 19.6 Å². The molecule has 1 saturated heterocycles. The molecule has 1 aromatic carbocycles. The van der Waals surface area contributed by atoms with E-state index in [1.807, 2.05) is 30.5 Å². The van der Waals surface area contributed by atoms with E-state index in [0.717, 1.165) is 37.0 Å². The van der Waals surface area contributed by atoms with Gasteiger partial charge in [0.05, 0.1) is 5.02 Å². The van der Waals surface area contributed by atoms with Gasteiger partial charge in [-0.2, -0.15) is 4.98 Å². The van der Waals surface area contributed by atoms with Crippen molar-refractivity contribution in [1.29, 1.82) is 0 Å². The summed E-state index contributed by atoms with van der Waals surface area (Å²) in [5.74, 6) is 0.266. The number of carbonyl (C=O) groups is 1. The second-order valence-electron chi connectivity index (χ2n) is 6.73. The molecule has 5 nitrogen and oxygen atoms in total. The van der Waals surface area contributed by atoms with Crippen LogP contribution < -0.4 is 10.2 Å². The van der Waals surface area contributed by atoms with Gasteiger partial charge in [0.15, 0.2) is 5.58 Å². The molecule has 0 aliphatic carbocycles. The number of anilines is 1. The van der Waals surface area contributed by atoms with Crippen LogP contribution >= 0.6 is 22.9 Å². The highest BCUT2D eigenvalue weighted by molar-refractivity contribution is 7.12. The van der Waals surface area contributed by atoms with Gasteiger partial charge in [-0.3, -0.25) is 4.79 Å². The maximum Gasteiger partial charge on any atom is 0.298 e. The molecule has 1 N–H and O–H groups in total. The minimum atomic E-state index is -0.0977. The minimum absolute atomic E-state index is 0.0977. The van der Waals surface area contributed by atoms with Crippen LogP contribution in [0.2, 0.25) is 5.02 Å². The normalized spacial score (nSPS) is 17.6. The summed E-state index contributed by atoms with van der Waals surface area (Å²) in [4.78, 5) is 19.6. The maximum absolute atomic E-state index is 12.2. The van der Waals surface area contributed by atoms with Gasteiger partial charge in [-0.1, -0.05) is 17.7 Å². The molecule has 3 aromatic rings. The first-order chi connectivity index (χ1) is 12.6. The molecule has 7 heteroatoms. The first-order valence-electron chi connectivity index (χ1n) is 8.73. The van der Waals surface area contributed by atoms with Crippen LogP contribution in [0.1, 0.15) is 28.1 Å². The van der Waals surface area contributed by atoms with E-state index in [2.05, 4.69) is 15.2 Å². The van der Waals surface area contributed by atoms with E-state index < -0.39 is 0 Å². The average Bonchev–Trinajstić information content (AvgIpc) is 3.25. The molecule has 3 heterocycles. The van der Waals surface area contributed by atoms with E-state index >= 15 is 0 Å². The molecule has 1 aliphatic rings. The Morgan fingerprint density at radius 3 is 3.15 bits per heavy atom. The second kappa shape index (κ2) is 7.29. The van der Waals surface area contributed by atoms with Crippen LogP contribution in [-0.4, -0.2) is 30.5 Å². The lowest BCUT2D eigenvalue weighted by Crippen LogP contribution is -2.41. The van der Waals surface area contributed by atoms with Gasteiger partial charge in [0.2, 0.25) is 0 Å². The summed E-state index contributed by atoms with van der Waals surface area (Å²) in [6.07, 6.45) is 2.13. The number of oxazole rings is 1. The van der Waals surface area contributed by atoms with E-state index in [1.165, 1.54) is 16.9 Å². The van der Waals surface area contributed by atoms with Gasteiger partial charge >= 0.3 is 0 Å². The number of amides is 1. The Bertz CT molecular complexity index is 936. The van der Waals surface area contributed by atoms with Crippen molar-refractivity contribution in [2.24, 2.45) is 5.92 Å². The number of carbonyl (C=O) groups excluding carboxylic acids is 1. The van der Waals surface area contributed by atoms with Crippen LogP contribution in [0.25, 0.3) is 11.1 Å². The average molecular weight is 390 g/mol. The number of thiophene rings is 1. The number of piperidine rings is 1. The number of hydrogen-bond donors (Lipinski definition) is 1. The van der Waals surface area contributed by atoms with Crippen LogP contribution in [0.15, 0.2) is 34.1 Å². The van der Waals surface area contributed by atoms with Crippen molar-refractivity contribution in [3.05, 3.63) is 45.1 Å². The summed E-state index contributed by atoms with van der Waals surface area (Å²) in [6.45, 7) is 4.42. The van der Waals surface area contributed by atoms with Crippen LogP contribution in [0, 0.1) is 12.8 Å². The van der Waals surface area contributed by atoms with Crippen molar-refractivity contribution >= 4 is 46.0 Å². The van der Waals surface area contributed by atoms with Crippen LogP contribution in [0.5, 0.6) is 0 Å². The lowest BCUT2D eigenvalue weighted by molar-refractivity contribution is 0.0950. The molecule has 1 aliphatic heterocycles. The molecule has 0 radical (unpaired) electrons. The molecule has 0 saturated carbocycles. The van der Waals surface area contributed by atoms with Gasteiger partial charge in [0.1, 0.15) is 10.4 Å². The van der Waals surface area contributed by atoms with Gasteiger partial charge < -0.3 is 14.6 Å². The number of rotatable bonds is 4. The smallest absolute Gasteiger partial charge is 0.298 e. The summed E-state index contributed by atoms with van der Waals surface area (Å²) in [6, 6.07) is 8.45. The number of benzene rings is 1. The van der Waals surface area contributed by atoms with E-state index in [-0.39, 0.29) is 5.91 Å². The first-order valence-corrected chi connectivity index (χ1v) is 9.99. The molecule has 4 rings (SSSR count). The number of nitrogens with zero attached hydrogens (tertiary/aromatic N) is 2. The minimum Gasteiger partial charge on any atom is -0.423 e. The fourth-order valence-electron chi connectivity index (χ4n) is 3.34. The quantitative estimate of drug-likeness (QED) is 0.713. The third kappa shape index (κ3) is 3.57. The largest absolute Gasteiger partial charge is 0.423 e. The van der Waals surface area contributed by atoms with Crippen molar-refractivity contribution in [2.75, 3.05) is 24.5 Å². The highest BCUT2D eigenvalue weighted by atomic mass is 35.5. The van der Waals surface area contributed by atoms with Crippen molar-refractivity contribution in [3.63, 3.8) is 0 Å². The number of hydrogen-bond acceptors (Lipinski definition) is 5. The fraction of sp³-hybridized carbons (Fsp3) is 0.368. The van der Waals surface area contributed by atoms with E-state index in [0.29, 0.717) is 28.4 Å². The van der Waals surface area contributed by atoms with Crippen LogP contribution in [0.4, 0.5) is 6.01 Å². The topological polar surface area (TPSA) is 58.4 Å². The summed E-state index contributed by atoms with van der Waals surface area (Å²) < 4.78 is 5.92. The van der Waals surface area contributed by atoms with Crippen molar-refractivity contribution < 1.29 is 9.21 Å². The molecule has 26 heavy (non-hydrogen) atoms. The molecule has 1 amide bonds. The third-order valence-electron chi connectivity index (χ3n) is 4.70. The number of halogens is 1. The number of aryl methyl sites for hydroxylation is 1. The Kier molecular flexibility index (Phi) is 4.87. The predicted octanol–water partition coefficient (Wildman–Crippen LogP) is 4.50.